The molecule has 94 valence electrons. The van der Waals surface area contributed by atoms with Crippen molar-refractivity contribution < 1.29 is 14.6 Å². The van der Waals surface area contributed by atoms with E-state index in [-0.39, 0.29) is 6.10 Å². The van der Waals surface area contributed by atoms with E-state index < -0.39 is 11.5 Å². The molecule has 0 aromatic carbocycles. The maximum absolute atomic E-state index is 11.4. The van der Waals surface area contributed by atoms with E-state index in [1.165, 1.54) is 19.3 Å². The van der Waals surface area contributed by atoms with Gasteiger partial charge in [0.1, 0.15) is 5.54 Å². The number of carboxylic acids is 1. The minimum absolute atomic E-state index is 0.312. The minimum Gasteiger partial charge on any atom is -0.480 e. The molecule has 1 saturated carbocycles. The number of methoxy groups -OCH3 is 1. The lowest BCUT2D eigenvalue weighted by molar-refractivity contribution is -0.150. The molecular formula is C12H23NO3. The highest BCUT2D eigenvalue weighted by Gasteiger charge is 2.41. The van der Waals surface area contributed by atoms with Crippen LogP contribution in [-0.2, 0) is 9.53 Å². The van der Waals surface area contributed by atoms with Crippen molar-refractivity contribution in [3.05, 3.63) is 0 Å². The van der Waals surface area contributed by atoms with E-state index in [9.17, 15) is 9.90 Å². The molecule has 0 amide bonds. The number of hydrogen-bond donors (Lipinski definition) is 2. The molecule has 1 aliphatic carbocycles. The lowest BCUT2D eigenvalue weighted by Gasteiger charge is -2.36. The molecule has 0 aliphatic heterocycles. The first-order chi connectivity index (χ1) is 7.50. The maximum atomic E-state index is 11.4. The van der Waals surface area contributed by atoms with Crippen molar-refractivity contribution in [2.45, 2.75) is 63.6 Å². The van der Waals surface area contributed by atoms with Gasteiger partial charge in [-0.3, -0.25) is 10.1 Å². The molecule has 4 nitrogen and oxygen atoms in total. The molecule has 4 heteroatoms. The molecule has 1 rings (SSSR count). The Balaban J connectivity index is 2.66. The van der Waals surface area contributed by atoms with Crippen LogP contribution in [-0.4, -0.2) is 35.9 Å². The maximum Gasteiger partial charge on any atom is 0.326 e. The third-order valence-electron chi connectivity index (χ3n) is 3.72. The van der Waals surface area contributed by atoms with Gasteiger partial charge in [0, 0.05) is 13.2 Å². The molecule has 0 spiro atoms. The molecule has 2 N–H and O–H groups in total. The fraction of sp³-hybridized carbons (Fsp3) is 0.917. The van der Waals surface area contributed by atoms with E-state index in [1.807, 2.05) is 0 Å². The molecule has 0 radical (unpaired) electrons. The second kappa shape index (κ2) is 5.64. The van der Waals surface area contributed by atoms with E-state index in [0.29, 0.717) is 6.04 Å². The zero-order valence-corrected chi connectivity index (χ0v) is 10.5. The summed E-state index contributed by atoms with van der Waals surface area (Å²) in [6.07, 6.45) is 5.44. The van der Waals surface area contributed by atoms with Gasteiger partial charge in [-0.2, -0.15) is 0 Å². The minimum atomic E-state index is -0.989. The van der Waals surface area contributed by atoms with Crippen LogP contribution in [0.5, 0.6) is 0 Å². The zero-order chi connectivity index (χ0) is 12.2. The number of aliphatic carboxylic acids is 1. The van der Waals surface area contributed by atoms with E-state index in [2.05, 4.69) is 5.32 Å². The number of rotatable bonds is 5. The van der Waals surface area contributed by atoms with Crippen LogP contribution in [0.3, 0.4) is 0 Å². The van der Waals surface area contributed by atoms with Gasteiger partial charge >= 0.3 is 5.97 Å². The van der Waals surface area contributed by atoms with Crippen LogP contribution in [0.4, 0.5) is 0 Å². The molecule has 1 fully saturated rings. The summed E-state index contributed by atoms with van der Waals surface area (Å²) in [6, 6.07) is 0.312. The predicted octanol–water partition coefficient (Wildman–Crippen LogP) is 1.79. The summed E-state index contributed by atoms with van der Waals surface area (Å²) in [6.45, 7) is 3.50. The van der Waals surface area contributed by atoms with Gasteiger partial charge in [-0.15, -0.1) is 0 Å². The normalized spacial score (nSPS) is 23.7. The highest BCUT2D eigenvalue weighted by Crippen LogP contribution is 2.22. The van der Waals surface area contributed by atoms with Crippen molar-refractivity contribution in [3.63, 3.8) is 0 Å². The Hall–Kier alpha value is -0.610. The van der Waals surface area contributed by atoms with Crippen molar-refractivity contribution in [2.75, 3.05) is 7.11 Å². The van der Waals surface area contributed by atoms with E-state index >= 15 is 0 Å². The fourth-order valence-corrected chi connectivity index (χ4v) is 2.26. The van der Waals surface area contributed by atoms with Crippen molar-refractivity contribution in [1.29, 1.82) is 0 Å². The quantitative estimate of drug-likeness (QED) is 0.754. The van der Waals surface area contributed by atoms with Crippen molar-refractivity contribution >= 4 is 5.97 Å². The summed E-state index contributed by atoms with van der Waals surface area (Å²) < 4.78 is 5.17. The predicted molar refractivity (Wildman–Crippen MR) is 62.5 cm³/mol. The summed E-state index contributed by atoms with van der Waals surface area (Å²) in [7, 11) is 1.55. The molecular weight excluding hydrogens is 206 g/mol. The SMILES string of the molecule is COC(C)C(C)(NC1CCCCC1)C(=O)O. The summed E-state index contributed by atoms with van der Waals surface area (Å²) in [5.74, 6) is -0.840. The standard InChI is InChI=1S/C12H23NO3/c1-9(16-3)12(2,11(14)15)13-10-7-5-4-6-8-10/h9-10,13H,4-8H2,1-3H3,(H,14,15). The van der Waals surface area contributed by atoms with Gasteiger partial charge in [-0.1, -0.05) is 19.3 Å². The molecule has 16 heavy (non-hydrogen) atoms. The number of nitrogens with one attached hydrogen (secondary N) is 1. The average Bonchev–Trinajstić information content (AvgIpc) is 2.28. The van der Waals surface area contributed by atoms with E-state index in [4.69, 9.17) is 4.74 Å². The number of ether oxygens (including phenoxy) is 1. The Bertz CT molecular complexity index is 238. The molecule has 0 aromatic rings. The Morgan fingerprint density at radius 3 is 2.44 bits per heavy atom. The number of carboxylic acid groups (broad SMARTS) is 1. The van der Waals surface area contributed by atoms with Gasteiger partial charge in [0.25, 0.3) is 0 Å². The van der Waals surface area contributed by atoms with Crippen LogP contribution < -0.4 is 5.32 Å². The van der Waals surface area contributed by atoms with E-state index in [0.717, 1.165) is 12.8 Å². The van der Waals surface area contributed by atoms with Gasteiger partial charge in [0.15, 0.2) is 0 Å². The molecule has 0 saturated heterocycles. The van der Waals surface area contributed by atoms with Crippen LogP contribution in [0.1, 0.15) is 46.0 Å². The van der Waals surface area contributed by atoms with Crippen LogP contribution >= 0.6 is 0 Å². The summed E-state index contributed by atoms with van der Waals surface area (Å²) in [5.41, 5.74) is -0.989. The smallest absolute Gasteiger partial charge is 0.326 e. The van der Waals surface area contributed by atoms with Crippen LogP contribution in [0.15, 0.2) is 0 Å². The summed E-state index contributed by atoms with van der Waals surface area (Å²) in [4.78, 5) is 11.4. The second-order valence-electron chi connectivity index (χ2n) is 4.86. The number of carbonyl (C=O) groups is 1. The fourth-order valence-electron chi connectivity index (χ4n) is 2.26. The Morgan fingerprint density at radius 1 is 1.44 bits per heavy atom. The van der Waals surface area contributed by atoms with E-state index in [1.54, 1.807) is 21.0 Å². The first kappa shape index (κ1) is 13.5. The van der Waals surface area contributed by atoms with Gasteiger partial charge < -0.3 is 9.84 Å². The monoisotopic (exact) mass is 229 g/mol. The Kier molecular flexibility index (Phi) is 4.74. The molecule has 0 aromatic heterocycles. The molecule has 0 bridgehead atoms. The molecule has 2 atom stereocenters. The van der Waals surface area contributed by atoms with Gasteiger partial charge in [0.2, 0.25) is 0 Å². The van der Waals surface area contributed by atoms with Crippen LogP contribution in [0, 0.1) is 0 Å². The average molecular weight is 229 g/mol. The first-order valence-corrected chi connectivity index (χ1v) is 6.04. The third kappa shape index (κ3) is 2.95. The van der Waals surface area contributed by atoms with Gasteiger partial charge in [0.05, 0.1) is 6.10 Å². The zero-order valence-electron chi connectivity index (χ0n) is 10.5. The van der Waals surface area contributed by atoms with Crippen molar-refractivity contribution in [1.82, 2.24) is 5.32 Å². The second-order valence-corrected chi connectivity index (χ2v) is 4.86. The lowest BCUT2D eigenvalue weighted by atomic mass is 9.89. The van der Waals surface area contributed by atoms with Crippen LogP contribution in [0.2, 0.25) is 0 Å². The van der Waals surface area contributed by atoms with Crippen molar-refractivity contribution in [2.24, 2.45) is 0 Å². The lowest BCUT2D eigenvalue weighted by Crippen LogP contribution is -2.61. The molecule has 0 heterocycles. The summed E-state index contributed by atoms with van der Waals surface area (Å²) >= 11 is 0. The molecule has 2 unspecified atom stereocenters. The summed E-state index contributed by atoms with van der Waals surface area (Å²) in [5, 5.41) is 12.6. The first-order valence-electron chi connectivity index (χ1n) is 6.04. The third-order valence-corrected chi connectivity index (χ3v) is 3.72. The largest absolute Gasteiger partial charge is 0.480 e. The highest BCUT2D eigenvalue weighted by atomic mass is 16.5. The Morgan fingerprint density at radius 2 is 2.00 bits per heavy atom. The highest BCUT2D eigenvalue weighted by molar-refractivity contribution is 5.79. The molecule has 1 aliphatic rings. The van der Waals surface area contributed by atoms with Gasteiger partial charge in [-0.25, -0.2) is 0 Å². The number of hydrogen-bond acceptors (Lipinski definition) is 3. The van der Waals surface area contributed by atoms with Crippen LogP contribution in [0.25, 0.3) is 0 Å². The topological polar surface area (TPSA) is 58.6 Å². The van der Waals surface area contributed by atoms with Gasteiger partial charge in [-0.05, 0) is 26.7 Å². The Labute approximate surface area is 97.4 Å². The van der Waals surface area contributed by atoms with Crippen molar-refractivity contribution in [3.8, 4) is 0 Å².